The number of halogens is 1. The molecule has 6 nitrogen and oxygen atoms in total. The van der Waals surface area contributed by atoms with Gasteiger partial charge in [0.25, 0.3) is 11.7 Å². The summed E-state index contributed by atoms with van der Waals surface area (Å²) in [5.74, 6) is -1.10. The lowest BCUT2D eigenvalue weighted by molar-refractivity contribution is -0.132. The summed E-state index contributed by atoms with van der Waals surface area (Å²) in [6, 6.07) is 27.1. The average molecular weight is 510 g/mol. The molecule has 1 aliphatic rings. The number of aliphatic hydroxyl groups is 1. The van der Waals surface area contributed by atoms with Gasteiger partial charge in [-0.2, -0.15) is 0 Å². The number of anilines is 1. The van der Waals surface area contributed by atoms with E-state index in [1.165, 1.54) is 23.1 Å². The largest absolute Gasteiger partial charge is 0.507 e. The van der Waals surface area contributed by atoms with Gasteiger partial charge in [-0.15, -0.1) is 0 Å². The summed E-state index contributed by atoms with van der Waals surface area (Å²) in [6.45, 7) is 2.25. The zero-order chi connectivity index (χ0) is 26.6. The number of nitrogens with zero attached hydrogens (tertiary/aromatic N) is 1. The third-order valence-electron chi connectivity index (χ3n) is 6.10. The molecular formula is C31H24FNO5. The number of Topliss-reactive ketones (excluding diaryl/α,β-unsaturated/α-hetero) is 1. The van der Waals surface area contributed by atoms with Crippen LogP contribution in [0.2, 0.25) is 0 Å². The fourth-order valence-electron chi connectivity index (χ4n) is 4.47. The lowest BCUT2D eigenvalue weighted by Crippen LogP contribution is -2.29. The number of rotatable bonds is 7. The van der Waals surface area contributed by atoms with E-state index in [1.807, 2.05) is 25.1 Å². The monoisotopic (exact) mass is 509 g/mol. The number of ether oxygens (including phenoxy) is 2. The Bertz CT molecular complexity index is 1530. The molecule has 1 atom stereocenters. The minimum Gasteiger partial charge on any atom is -0.507 e. The van der Waals surface area contributed by atoms with Crippen molar-refractivity contribution in [3.05, 3.63) is 126 Å². The predicted molar refractivity (Wildman–Crippen MR) is 142 cm³/mol. The van der Waals surface area contributed by atoms with Crippen molar-refractivity contribution < 1.29 is 28.6 Å². The molecule has 1 heterocycles. The number of carbonyl (C=O) groups excluding carboxylic acids is 2. The molecule has 0 saturated carbocycles. The third kappa shape index (κ3) is 4.86. The third-order valence-corrected chi connectivity index (χ3v) is 6.10. The second-order valence-electron chi connectivity index (χ2n) is 8.60. The Balaban J connectivity index is 1.66. The highest BCUT2D eigenvalue weighted by atomic mass is 19.1. The normalized spacial score (nSPS) is 16.5. The van der Waals surface area contributed by atoms with Crippen molar-refractivity contribution >= 4 is 23.1 Å². The molecule has 5 rings (SSSR count). The summed E-state index contributed by atoms with van der Waals surface area (Å²) in [4.78, 5) is 27.9. The molecular weight excluding hydrogens is 485 g/mol. The fraction of sp³-hybridized carbons (Fsp3) is 0.0968. The maximum atomic E-state index is 14.2. The smallest absolute Gasteiger partial charge is 0.300 e. The first-order valence-electron chi connectivity index (χ1n) is 12.1. The number of amides is 1. The first kappa shape index (κ1) is 24.8. The highest BCUT2D eigenvalue weighted by molar-refractivity contribution is 6.51. The van der Waals surface area contributed by atoms with Gasteiger partial charge in [0, 0.05) is 11.3 Å². The summed E-state index contributed by atoms with van der Waals surface area (Å²) in [7, 11) is 0. The second-order valence-corrected chi connectivity index (χ2v) is 8.60. The van der Waals surface area contributed by atoms with Gasteiger partial charge in [-0.3, -0.25) is 14.5 Å². The summed E-state index contributed by atoms with van der Waals surface area (Å²) >= 11 is 0. The van der Waals surface area contributed by atoms with E-state index in [0.717, 1.165) is 0 Å². The quantitative estimate of drug-likeness (QED) is 0.172. The molecule has 1 amide bonds. The molecule has 0 radical (unpaired) electrons. The SMILES string of the molecule is CCOc1cccc(/C(O)=C2\C(=O)C(=O)N(c3cccc(F)c3)C2c2cccc(Oc3ccccc3)c2)c1. The van der Waals surface area contributed by atoms with Crippen LogP contribution >= 0.6 is 0 Å². The summed E-state index contributed by atoms with van der Waals surface area (Å²) in [6.07, 6.45) is 0. The minimum absolute atomic E-state index is 0.121. The standard InChI is InChI=1S/C31H24FNO5/c1-2-37-25-15-7-10-21(18-25)29(34)27-28(33(31(36)30(27)35)23-12-8-11-22(32)19-23)20-9-6-16-26(17-20)38-24-13-4-3-5-14-24/h3-19,28,34H,2H2,1H3/b29-27+. The number of hydrogen-bond acceptors (Lipinski definition) is 5. The Morgan fingerprint density at radius 3 is 2.32 bits per heavy atom. The molecule has 0 aliphatic carbocycles. The lowest BCUT2D eigenvalue weighted by Gasteiger charge is -2.26. The van der Waals surface area contributed by atoms with Crippen LogP contribution in [0.5, 0.6) is 17.2 Å². The van der Waals surface area contributed by atoms with Gasteiger partial charge >= 0.3 is 0 Å². The molecule has 1 aliphatic heterocycles. The summed E-state index contributed by atoms with van der Waals surface area (Å²) in [5.41, 5.74) is 0.887. The summed E-state index contributed by atoms with van der Waals surface area (Å²) in [5, 5.41) is 11.4. The maximum Gasteiger partial charge on any atom is 0.300 e. The van der Waals surface area contributed by atoms with Gasteiger partial charge in [0.05, 0.1) is 18.2 Å². The Kier molecular flexibility index (Phi) is 6.91. The van der Waals surface area contributed by atoms with Crippen molar-refractivity contribution in [2.75, 3.05) is 11.5 Å². The topological polar surface area (TPSA) is 76.1 Å². The average Bonchev–Trinajstić information content (AvgIpc) is 3.19. The molecule has 0 spiro atoms. The van der Waals surface area contributed by atoms with Crippen molar-refractivity contribution in [1.29, 1.82) is 0 Å². The molecule has 1 N–H and O–H groups in total. The van der Waals surface area contributed by atoms with E-state index in [-0.39, 0.29) is 17.0 Å². The lowest BCUT2D eigenvalue weighted by atomic mass is 9.95. The Labute approximate surface area is 219 Å². The number of carbonyl (C=O) groups is 2. The first-order chi connectivity index (χ1) is 18.5. The zero-order valence-corrected chi connectivity index (χ0v) is 20.5. The van der Waals surface area contributed by atoms with Crippen LogP contribution < -0.4 is 14.4 Å². The number of aliphatic hydroxyl groups excluding tert-OH is 1. The van der Waals surface area contributed by atoms with Crippen LogP contribution in [0.15, 0.2) is 109 Å². The van der Waals surface area contributed by atoms with Gasteiger partial charge in [-0.25, -0.2) is 4.39 Å². The van der Waals surface area contributed by atoms with E-state index >= 15 is 0 Å². The van der Waals surface area contributed by atoms with E-state index < -0.39 is 23.5 Å². The fourth-order valence-corrected chi connectivity index (χ4v) is 4.47. The van der Waals surface area contributed by atoms with E-state index in [4.69, 9.17) is 9.47 Å². The molecule has 4 aromatic rings. The number of benzene rings is 4. The Morgan fingerprint density at radius 2 is 1.55 bits per heavy atom. The minimum atomic E-state index is -1.04. The number of hydrogen-bond donors (Lipinski definition) is 1. The highest BCUT2D eigenvalue weighted by Crippen LogP contribution is 2.43. The predicted octanol–water partition coefficient (Wildman–Crippen LogP) is 6.64. The maximum absolute atomic E-state index is 14.2. The molecule has 7 heteroatoms. The van der Waals surface area contributed by atoms with E-state index in [2.05, 4.69) is 0 Å². The van der Waals surface area contributed by atoms with Crippen LogP contribution in [0.4, 0.5) is 10.1 Å². The van der Waals surface area contributed by atoms with Crippen LogP contribution in [-0.2, 0) is 9.59 Å². The molecule has 190 valence electrons. The molecule has 1 fully saturated rings. The van der Waals surface area contributed by atoms with Gasteiger partial charge in [0.15, 0.2) is 0 Å². The van der Waals surface area contributed by atoms with E-state index in [1.54, 1.807) is 66.7 Å². The summed E-state index contributed by atoms with van der Waals surface area (Å²) < 4.78 is 25.7. The van der Waals surface area contributed by atoms with Crippen molar-refractivity contribution in [3.63, 3.8) is 0 Å². The van der Waals surface area contributed by atoms with Gasteiger partial charge in [0.2, 0.25) is 0 Å². The van der Waals surface area contributed by atoms with Gasteiger partial charge in [0.1, 0.15) is 28.8 Å². The van der Waals surface area contributed by atoms with Crippen LogP contribution in [0, 0.1) is 5.82 Å². The number of ketones is 1. The first-order valence-corrected chi connectivity index (χ1v) is 12.1. The highest BCUT2D eigenvalue weighted by Gasteiger charge is 2.47. The van der Waals surface area contributed by atoms with Crippen molar-refractivity contribution in [2.45, 2.75) is 13.0 Å². The molecule has 38 heavy (non-hydrogen) atoms. The van der Waals surface area contributed by atoms with Crippen LogP contribution in [0.25, 0.3) is 5.76 Å². The zero-order valence-electron chi connectivity index (χ0n) is 20.5. The van der Waals surface area contributed by atoms with Crippen LogP contribution in [-0.4, -0.2) is 23.4 Å². The molecule has 1 saturated heterocycles. The van der Waals surface area contributed by atoms with Gasteiger partial charge < -0.3 is 14.6 Å². The molecule has 1 unspecified atom stereocenters. The van der Waals surface area contributed by atoms with E-state index in [0.29, 0.717) is 35.0 Å². The van der Waals surface area contributed by atoms with Crippen LogP contribution in [0.1, 0.15) is 24.1 Å². The van der Waals surface area contributed by atoms with Gasteiger partial charge in [-0.05, 0) is 67.1 Å². The van der Waals surface area contributed by atoms with Gasteiger partial charge in [-0.1, -0.05) is 48.5 Å². The second kappa shape index (κ2) is 10.6. The van der Waals surface area contributed by atoms with E-state index in [9.17, 15) is 19.1 Å². The Morgan fingerprint density at radius 1 is 0.842 bits per heavy atom. The van der Waals surface area contributed by atoms with Crippen LogP contribution in [0.3, 0.4) is 0 Å². The number of para-hydroxylation sites is 1. The van der Waals surface area contributed by atoms with Crippen molar-refractivity contribution in [3.8, 4) is 17.2 Å². The van der Waals surface area contributed by atoms with Crippen molar-refractivity contribution in [2.24, 2.45) is 0 Å². The molecule has 0 bridgehead atoms. The van der Waals surface area contributed by atoms with Crippen molar-refractivity contribution in [1.82, 2.24) is 0 Å². The molecule has 0 aromatic heterocycles. The molecule has 4 aromatic carbocycles. The Hall–Kier alpha value is -4.91.